The van der Waals surface area contributed by atoms with Crippen LogP contribution in [0.2, 0.25) is 10.0 Å². The van der Waals surface area contributed by atoms with Crippen molar-refractivity contribution in [3.05, 3.63) is 75.8 Å². The minimum atomic E-state index is -1.10. The lowest BCUT2D eigenvalue weighted by atomic mass is 10.0. The number of carboxylic acids is 1. The summed E-state index contributed by atoms with van der Waals surface area (Å²) in [7, 11) is 0. The van der Waals surface area contributed by atoms with Gasteiger partial charge in [0.05, 0.1) is 70.1 Å². The number of aromatic nitrogens is 3. The summed E-state index contributed by atoms with van der Waals surface area (Å²) >= 11 is 12.6. The van der Waals surface area contributed by atoms with Crippen LogP contribution in [0.3, 0.4) is 0 Å². The number of halogens is 2. The molecule has 11 nitrogen and oxygen atoms in total. The first-order valence-electron chi connectivity index (χ1n) is 15.2. The topological polar surface area (TPSA) is 126 Å². The number of nitriles is 1. The quantitative estimate of drug-likeness (QED) is 0.273. The van der Waals surface area contributed by atoms with E-state index in [0.717, 1.165) is 24.4 Å². The van der Waals surface area contributed by atoms with Gasteiger partial charge in [0, 0.05) is 32.8 Å². The maximum absolute atomic E-state index is 11.9. The number of pyridine rings is 1. The van der Waals surface area contributed by atoms with Crippen LogP contribution in [0.4, 0.5) is 5.69 Å². The van der Waals surface area contributed by atoms with Crippen molar-refractivity contribution in [2.45, 2.75) is 50.7 Å². The Morgan fingerprint density at radius 2 is 1.96 bits per heavy atom. The van der Waals surface area contributed by atoms with E-state index in [1.54, 1.807) is 24.4 Å². The molecule has 0 bridgehead atoms. The molecule has 2 aromatic heterocycles. The van der Waals surface area contributed by atoms with Gasteiger partial charge in [-0.25, -0.2) is 9.78 Å². The van der Waals surface area contributed by atoms with Crippen LogP contribution in [0.15, 0.2) is 48.7 Å². The van der Waals surface area contributed by atoms with Crippen LogP contribution < -0.4 is 14.4 Å². The Bertz CT molecular complexity index is 1920. The Morgan fingerprint density at radius 1 is 1.13 bits per heavy atom. The van der Waals surface area contributed by atoms with Gasteiger partial charge >= 0.3 is 5.97 Å². The van der Waals surface area contributed by atoms with Gasteiger partial charge in [-0.2, -0.15) is 5.26 Å². The lowest BCUT2D eigenvalue weighted by Gasteiger charge is -2.44. The number of hydrogen-bond acceptors (Lipinski definition) is 9. The van der Waals surface area contributed by atoms with E-state index in [-0.39, 0.29) is 22.7 Å². The zero-order valence-corrected chi connectivity index (χ0v) is 26.5. The standard InChI is InChI=1S/C33H30Cl2N6O5/c1-32(27-6-5-20(34)13-37-27)45-26-4-2-3-22(30(26)46-32)40-10-9-39(24-15-44-16-25(24)40)14-28-38-29-21(35)11-19(31(42)43)12-23(29)41(28)18-33(17-36)7-8-33/h2-6,11-13,24-25H,7-10,14-16,18H2,1H3,(H,42,43)/t24-,25-,32+/m1/s1. The van der Waals surface area contributed by atoms with Crippen molar-refractivity contribution in [3.8, 4) is 17.6 Å². The average Bonchev–Trinajstić information content (AvgIpc) is 3.32. The molecule has 1 aliphatic carbocycles. The second kappa shape index (κ2) is 10.7. The molecule has 236 valence electrons. The number of piperazine rings is 1. The number of anilines is 1. The van der Waals surface area contributed by atoms with E-state index in [9.17, 15) is 15.2 Å². The monoisotopic (exact) mass is 660 g/mol. The van der Waals surface area contributed by atoms with Crippen molar-refractivity contribution in [1.82, 2.24) is 19.4 Å². The Labute approximate surface area is 274 Å². The van der Waals surface area contributed by atoms with Crippen molar-refractivity contribution in [2.24, 2.45) is 5.41 Å². The van der Waals surface area contributed by atoms with Crippen LogP contribution in [-0.4, -0.2) is 68.9 Å². The van der Waals surface area contributed by atoms with E-state index in [0.29, 0.717) is 72.6 Å². The zero-order valence-electron chi connectivity index (χ0n) is 24.9. The number of para-hydroxylation sites is 1. The molecule has 3 fully saturated rings. The molecule has 3 atom stereocenters. The summed E-state index contributed by atoms with van der Waals surface area (Å²) in [4.78, 5) is 25.9. The Morgan fingerprint density at radius 3 is 2.70 bits per heavy atom. The fourth-order valence-electron chi connectivity index (χ4n) is 6.92. The first kappa shape index (κ1) is 29.3. The number of aromatic carboxylic acids is 1. The predicted molar refractivity (Wildman–Crippen MR) is 169 cm³/mol. The summed E-state index contributed by atoms with van der Waals surface area (Å²) in [5.74, 6) is -0.0958. The molecule has 3 aliphatic heterocycles. The predicted octanol–water partition coefficient (Wildman–Crippen LogP) is 5.47. The normalized spacial score (nSPS) is 24.6. The van der Waals surface area contributed by atoms with E-state index in [1.807, 2.05) is 29.7 Å². The summed E-state index contributed by atoms with van der Waals surface area (Å²) in [6.45, 7) is 5.30. The van der Waals surface area contributed by atoms with Crippen molar-refractivity contribution in [2.75, 3.05) is 31.2 Å². The maximum Gasteiger partial charge on any atom is 0.335 e. The molecular weight excluding hydrogens is 631 g/mol. The lowest BCUT2D eigenvalue weighted by molar-refractivity contribution is -0.0716. The van der Waals surface area contributed by atoms with E-state index < -0.39 is 17.2 Å². The van der Waals surface area contributed by atoms with Gasteiger partial charge in [0.2, 0.25) is 0 Å². The van der Waals surface area contributed by atoms with Crippen molar-refractivity contribution in [1.29, 1.82) is 5.26 Å². The summed E-state index contributed by atoms with van der Waals surface area (Å²) in [6.07, 6.45) is 3.18. The van der Waals surface area contributed by atoms with Crippen molar-refractivity contribution >= 4 is 45.9 Å². The largest absolute Gasteiger partial charge is 0.478 e. The Kier molecular flexibility index (Phi) is 6.85. The minimum Gasteiger partial charge on any atom is -0.478 e. The minimum absolute atomic E-state index is 0.0401. The molecule has 4 aromatic rings. The molecule has 2 aromatic carbocycles. The first-order valence-corrected chi connectivity index (χ1v) is 16.0. The molecule has 0 amide bonds. The van der Waals surface area contributed by atoms with Crippen molar-refractivity contribution < 1.29 is 24.1 Å². The summed E-state index contributed by atoms with van der Waals surface area (Å²) in [5, 5.41) is 20.4. The van der Waals surface area contributed by atoms with Crippen LogP contribution in [-0.2, 0) is 23.6 Å². The maximum atomic E-state index is 11.9. The molecule has 2 saturated heterocycles. The second-order valence-corrected chi connectivity index (χ2v) is 13.4. The van der Waals surface area contributed by atoms with Crippen LogP contribution >= 0.6 is 23.2 Å². The van der Waals surface area contributed by atoms with Gasteiger partial charge in [-0.1, -0.05) is 29.3 Å². The highest BCUT2D eigenvalue weighted by molar-refractivity contribution is 6.35. The number of imidazole rings is 1. The number of hydrogen-bond donors (Lipinski definition) is 1. The van der Waals surface area contributed by atoms with E-state index in [2.05, 4.69) is 20.9 Å². The third-order valence-corrected chi connectivity index (χ3v) is 10.1. The number of rotatable bonds is 7. The highest BCUT2D eigenvalue weighted by atomic mass is 35.5. The molecular formula is C33H30Cl2N6O5. The van der Waals surface area contributed by atoms with Gasteiger partial charge in [-0.3, -0.25) is 9.88 Å². The Balaban J connectivity index is 1.09. The number of benzene rings is 2. The molecule has 0 unspecified atom stereocenters. The first-order chi connectivity index (χ1) is 22.2. The smallest absolute Gasteiger partial charge is 0.335 e. The van der Waals surface area contributed by atoms with Gasteiger partial charge in [-0.15, -0.1) is 0 Å². The number of fused-ring (bicyclic) bond motifs is 3. The molecule has 8 rings (SSSR count). The molecule has 13 heteroatoms. The summed E-state index contributed by atoms with van der Waals surface area (Å²) in [6, 6.07) is 15.1. The number of ether oxygens (including phenoxy) is 3. The van der Waals surface area contributed by atoms with Gasteiger partial charge in [0.15, 0.2) is 11.5 Å². The molecule has 0 spiro atoms. The fourth-order valence-corrected chi connectivity index (χ4v) is 7.29. The third kappa shape index (κ3) is 4.83. The van der Waals surface area contributed by atoms with E-state index >= 15 is 0 Å². The third-order valence-electron chi connectivity index (χ3n) is 9.61. The highest BCUT2D eigenvalue weighted by Gasteiger charge is 2.47. The van der Waals surface area contributed by atoms with Gasteiger partial charge in [-0.05, 0) is 49.2 Å². The SMILES string of the molecule is C[C@]1(c2ccc(Cl)cn2)Oc2cccc(N3CCN(Cc4nc5c(Cl)cc(C(=O)O)cc5n4CC4(C#N)CC4)[C@@H]4COC[C@H]43)c2O1. The molecule has 46 heavy (non-hydrogen) atoms. The van der Waals surface area contributed by atoms with Crippen LogP contribution in [0.1, 0.15) is 41.6 Å². The molecule has 5 heterocycles. The van der Waals surface area contributed by atoms with E-state index in [1.165, 1.54) is 6.07 Å². The number of carboxylic acid groups (broad SMARTS) is 1. The average molecular weight is 662 g/mol. The van der Waals surface area contributed by atoms with Crippen LogP contribution in [0.5, 0.6) is 11.5 Å². The lowest BCUT2D eigenvalue weighted by Crippen LogP contribution is -2.59. The molecule has 1 N–H and O–H groups in total. The zero-order chi connectivity index (χ0) is 31.8. The van der Waals surface area contributed by atoms with Crippen molar-refractivity contribution in [3.63, 3.8) is 0 Å². The Hall–Kier alpha value is -4.08. The molecule has 1 saturated carbocycles. The number of carbonyl (C=O) groups is 1. The molecule has 0 radical (unpaired) electrons. The number of nitrogens with zero attached hydrogens (tertiary/aromatic N) is 6. The second-order valence-electron chi connectivity index (χ2n) is 12.6. The molecule has 4 aliphatic rings. The van der Waals surface area contributed by atoms with Gasteiger partial charge < -0.3 is 28.8 Å². The van der Waals surface area contributed by atoms with Gasteiger partial charge in [0.25, 0.3) is 5.79 Å². The van der Waals surface area contributed by atoms with Crippen LogP contribution in [0, 0.1) is 16.7 Å². The summed E-state index contributed by atoms with van der Waals surface area (Å²) in [5.41, 5.74) is 2.35. The fraction of sp³-hybridized carbons (Fsp3) is 0.394. The van der Waals surface area contributed by atoms with E-state index in [4.69, 9.17) is 42.4 Å². The van der Waals surface area contributed by atoms with Gasteiger partial charge in [0.1, 0.15) is 17.0 Å². The van der Waals surface area contributed by atoms with Crippen LogP contribution in [0.25, 0.3) is 11.0 Å². The highest BCUT2D eigenvalue weighted by Crippen LogP contribution is 2.50. The summed E-state index contributed by atoms with van der Waals surface area (Å²) < 4.78 is 20.9.